The van der Waals surface area contributed by atoms with Gasteiger partial charge in [-0.1, -0.05) is 6.07 Å². The normalized spacial score (nSPS) is 21.1. The van der Waals surface area contributed by atoms with Crippen molar-refractivity contribution in [2.24, 2.45) is 11.7 Å². The molecule has 3 aromatic rings. The van der Waals surface area contributed by atoms with Gasteiger partial charge in [0.15, 0.2) is 0 Å². The van der Waals surface area contributed by atoms with Crippen LogP contribution in [0.2, 0.25) is 0 Å². The first kappa shape index (κ1) is 23.1. The molecule has 1 aromatic carbocycles. The number of carbonyl (C=O) groups is 1. The summed E-state index contributed by atoms with van der Waals surface area (Å²) in [6, 6.07) is 6.27. The minimum atomic E-state index is -4.56. The second kappa shape index (κ2) is 8.71. The number of nitrogens with two attached hydrogens (primary N) is 1. The average molecular weight is 478 g/mol. The number of alkyl halides is 3. The summed E-state index contributed by atoms with van der Waals surface area (Å²) >= 11 is 1.35. The molecule has 11 heteroatoms. The predicted molar refractivity (Wildman–Crippen MR) is 118 cm³/mol. The zero-order valence-electron chi connectivity index (χ0n) is 17.7. The number of aliphatic hydroxyl groups is 1. The van der Waals surface area contributed by atoms with Gasteiger partial charge in [-0.15, -0.1) is 11.3 Å². The van der Waals surface area contributed by atoms with Gasteiger partial charge < -0.3 is 16.2 Å². The number of aromatic nitrogens is 3. The molecule has 7 nitrogen and oxygen atoms in total. The van der Waals surface area contributed by atoms with Gasteiger partial charge in [-0.25, -0.2) is 15.0 Å². The molecule has 1 aliphatic rings. The number of rotatable bonds is 5. The lowest BCUT2D eigenvalue weighted by molar-refractivity contribution is -0.141. The van der Waals surface area contributed by atoms with Gasteiger partial charge in [-0.05, 0) is 61.9 Å². The van der Waals surface area contributed by atoms with Gasteiger partial charge in [0.1, 0.15) is 16.3 Å². The second-order valence-corrected chi connectivity index (χ2v) is 9.24. The molecule has 1 fully saturated rings. The van der Waals surface area contributed by atoms with Gasteiger partial charge in [0.25, 0.3) is 0 Å². The minimum Gasteiger partial charge on any atom is -0.383 e. The van der Waals surface area contributed by atoms with Crippen molar-refractivity contribution in [2.75, 3.05) is 5.32 Å². The Balaban J connectivity index is 1.56. The van der Waals surface area contributed by atoms with Gasteiger partial charge >= 0.3 is 6.18 Å². The van der Waals surface area contributed by atoms with Crippen molar-refractivity contribution in [3.63, 3.8) is 0 Å². The molecule has 174 valence electrons. The number of nitrogens with zero attached hydrogens (tertiary/aromatic N) is 3. The molecule has 2 heterocycles. The first-order valence-electron chi connectivity index (χ1n) is 10.3. The third-order valence-corrected chi connectivity index (χ3v) is 6.92. The van der Waals surface area contributed by atoms with Gasteiger partial charge in [0, 0.05) is 24.0 Å². The Labute approximate surface area is 191 Å². The molecule has 0 bridgehead atoms. The molecular formula is C22H22F3N5O2S. The van der Waals surface area contributed by atoms with Crippen molar-refractivity contribution >= 4 is 28.9 Å². The number of amides is 1. The van der Waals surface area contributed by atoms with Gasteiger partial charge in [-0.2, -0.15) is 13.2 Å². The number of halogens is 3. The number of aryl methyl sites for hydroxylation is 1. The third-order valence-electron chi connectivity index (χ3n) is 5.68. The number of hydrogen-bond acceptors (Lipinski definition) is 7. The van der Waals surface area contributed by atoms with Crippen molar-refractivity contribution in [3.05, 3.63) is 52.9 Å². The quantitative estimate of drug-likeness (QED) is 0.497. The Bertz CT molecular complexity index is 1170. The zero-order valence-corrected chi connectivity index (χ0v) is 18.5. The van der Waals surface area contributed by atoms with Crippen molar-refractivity contribution in [1.29, 1.82) is 0 Å². The molecule has 33 heavy (non-hydrogen) atoms. The van der Waals surface area contributed by atoms with E-state index in [0.717, 1.165) is 28.3 Å². The molecule has 0 radical (unpaired) electrons. The Hall–Kier alpha value is -3.05. The standard InChI is InChI=1S/C22H22F3N5O2S/c1-12-8-14(10-15(9-12)29-20-27-7-4-17(30-20)22(23,24)25)16-11-28-19(33-16)21(32)5-2-13(3-6-21)18(26)31/h4,7-11,13,32H,2-3,5-6H2,1H3,(H2,26,31)(H,27,29,30)/t13-,21-. The lowest BCUT2D eigenvalue weighted by Crippen LogP contribution is -2.35. The monoisotopic (exact) mass is 477 g/mol. The number of nitrogens with one attached hydrogen (secondary N) is 1. The number of hydrogen-bond donors (Lipinski definition) is 3. The Morgan fingerprint density at radius 3 is 2.64 bits per heavy atom. The second-order valence-electron chi connectivity index (χ2n) is 8.21. The van der Waals surface area contributed by atoms with E-state index in [2.05, 4.69) is 20.3 Å². The fourth-order valence-electron chi connectivity index (χ4n) is 3.92. The van der Waals surface area contributed by atoms with Crippen LogP contribution in [0.3, 0.4) is 0 Å². The number of carbonyl (C=O) groups excluding carboxylic acids is 1. The minimum absolute atomic E-state index is 0.160. The Morgan fingerprint density at radius 1 is 1.24 bits per heavy atom. The van der Waals surface area contributed by atoms with Crippen LogP contribution >= 0.6 is 11.3 Å². The maximum Gasteiger partial charge on any atom is 0.433 e. The van der Waals surface area contributed by atoms with E-state index in [9.17, 15) is 23.1 Å². The summed E-state index contributed by atoms with van der Waals surface area (Å²) in [7, 11) is 0. The highest BCUT2D eigenvalue weighted by Gasteiger charge is 2.39. The molecular weight excluding hydrogens is 455 g/mol. The van der Waals surface area contributed by atoms with E-state index < -0.39 is 17.5 Å². The predicted octanol–water partition coefficient (Wildman–Crippen LogP) is 4.53. The van der Waals surface area contributed by atoms with E-state index in [1.165, 1.54) is 11.3 Å². The molecule has 0 unspecified atom stereocenters. The Kier molecular flexibility index (Phi) is 6.10. The number of primary amides is 1. The van der Waals surface area contributed by atoms with Crippen molar-refractivity contribution in [3.8, 4) is 10.4 Å². The molecule has 1 amide bonds. The summed E-state index contributed by atoms with van der Waals surface area (Å²) in [5.41, 5.74) is 5.44. The van der Waals surface area contributed by atoms with E-state index in [1.807, 2.05) is 13.0 Å². The highest BCUT2D eigenvalue weighted by molar-refractivity contribution is 7.15. The summed E-state index contributed by atoms with van der Waals surface area (Å²) < 4.78 is 38.8. The van der Waals surface area contributed by atoms with Gasteiger partial charge in [0.05, 0.1) is 4.88 Å². The topological polar surface area (TPSA) is 114 Å². The van der Waals surface area contributed by atoms with Crippen molar-refractivity contribution in [1.82, 2.24) is 15.0 Å². The van der Waals surface area contributed by atoms with Crippen molar-refractivity contribution in [2.45, 2.75) is 44.4 Å². The molecule has 2 aromatic heterocycles. The van der Waals surface area contributed by atoms with Crippen LogP contribution in [0, 0.1) is 12.8 Å². The SMILES string of the molecule is Cc1cc(Nc2nccc(C(F)(F)F)n2)cc(-c2cnc([C@]3(O)CC[C@H](C(N)=O)CC3)s2)c1. The summed E-state index contributed by atoms with van der Waals surface area (Å²) in [6.07, 6.45) is -0.0168. The van der Waals surface area contributed by atoms with Crippen LogP contribution in [0.15, 0.2) is 36.7 Å². The maximum atomic E-state index is 12.9. The lowest BCUT2D eigenvalue weighted by Gasteiger charge is -2.33. The van der Waals surface area contributed by atoms with Crippen LogP contribution in [0.5, 0.6) is 0 Å². The van der Waals surface area contributed by atoms with Crippen LogP contribution < -0.4 is 11.1 Å². The van der Waals surface area contributed by atoms with E-state index in [-0.39, 0.29) is 17.8 Å². The van der Waals surface area contributed by atoms with Crippen molar-refractivity contribution < 1.29 is 23.1 Å². The molecule has 1 saturated carbocycles. The first-order chi connectivity index (χ1) is 15.5. The summed E-state index contributed by atoms with van der Waals surface area (Å²) in [5, 5.41) is 14.5. The van der Waals surface area contributed by atoms with E-state index in [4.69, 9.17) is 5.73 Å². The van der Waals surface area contributed by atoms with Gasteiger partial charge in [-0.3, -0.25) is 4.79 Å². The summed E-state index contributed by atoms with van der Waals surface area (Å²) in [4.78, 5) is 24.0. The Morgan fingerprint density at radius 2 is 1.97 bits per heavy atom. The molecule has 1 aliphatic carbocycles. The van der Waals surface area contributed by atoms with E-state index >= 15 is 0 Å². The molecule has 4 N–H and O–H groups in total. The highest BCUT2D eigenvalue weighted by Crippen LogP contribution is 2.43. The van der Waals surface area contributed by atoms with Crippen LogP contribution in [0.1, 0.15) is 41.9 Å². The highest BCUT2D eigenvalue weighted by atomic mass is 32.1. The molecule has 0 atom stereocenters. The van der Waals surface area contributed by atoms with Crippen LogP contribution in [0.4, 0.5) is 24.8 Å². The largest absolute Gasteiger partial charge is 0.433 e. The van der Waals surface area contributed by atoms with Crippen LogP contribution in [-0.4, -0.2) is 26.0 Å². The molecule has 0 aliphatic heterocycles. The van der Waals surface area contributed by atoms with Gasteiger partial charge in [0.2, 0.25) is 11.9 Å². The molecule has 4 rings (SSSR count). The molecule has 0 spiro atoms. The summed E-state index contributed by atoms with van der Waals surface area (Å²) in [6.45, 7) is 1.86. The number of benzene rings is 1. The van der Waals surface area contributed by atoms with E-state index in [0.29, 0.717) is 36.4 Å². The smallest absolute Gasteiger partial charge is 0.383 e. The first-order valence-corrected chi connectivity index (χ1v) is 11.1. The fourth-order valence-corrected chi connectivity index (χ4v) is 4.97. The molecule has 0 saturated heterocycles. The third kappa shape index (κ3) is 5.14. The fraction of sp³-hybridized carbons (Fsp3) is 0.364. The van der Waals surface area contributed by atoms with Crippen LogP contribution in [-0.2, 0) is 16.6 Å². The average Bonchev–Trinajstić information content (AvgIpc) is 3.25. The summed E-state index contributed by atoms with van der Waals surface area (Å²) in [5.74, 6) is -0.735. The van der Waals surface area contributed by atoms with Crippen LogP contribution in [0.25, 0.3) is 10.4 Å². The maximum absolute atomic E-state index is 12.9. The zero-order chi connectivity index (χ0) is 23.8. The number of anilines is 2. The lowest BCUT2D eigenvalue weighted by atomic mass is 9.79. The number of thiazole rings is 1. The van der Waals surface area contributed by atoms with E-state index in [1.54, 1.807) is 18.3 Å².